The van der Waals surface area contributed by atoms with Gasteiger partial charge in [0.2, 0.25) is 5.91 Å². The molecule has 7 heteroatoms. The third-order valence-electron chi connectivity index (χ3n) is 3.76. The molecule has 2 aromatic carbocycles. The van der Waals surface area contributed by atoms with Gasteiger partial charge in [-0.2, -0.15) is 0 Å². The smallest absolute Gasteiger partial charge is 0.220 e. The van der Waals surface area contributed by atoms with Crippen molar-refractivity contribution in [2.75, 3.05) is 19.8 Å². The zero-order valence-electron chi connectivity index (χ0n) is 15.1. The Morgan fingerprint density at radius 3 is 2.67 bits per heavy atom. The number of rotatable bonds is 10. The highest BCUT2D eigenvalue weighted by Gasteiger charge is 2.09. The van der Waals surface area contributed by atoms with E-state index < -0.39 is 6.10 Å². The van der Waals surface area contributed by atoms with Crippen LogP contribution in [-0.2, 0) is 4.79 Å². The van der Waals surface area contributed by atoms with Crippen LogP contribution in [0.25, 0.3) is 0 Å². The first kappa shape index (κ1) is 21.4. The second kappa shape index (κ2) is 11.0. The van der Waals surface area contributed by atoms with E-state index in [4.69, 9.17) is 32.7 Å². The molecule has 146 valence electrons. The lowest BCUT2D eigenvalue weighted by atomic mass is 10.2. The molecule has 0 aliphatic heterocycles. The molecule has 0 aliphatic carbocycles. The molecule has 0 spiro atoms. The Bertz CT molecular complexity index is 755. The number of ether oxygens (including phenoxy) is 2. The zero-order valence-corrected chi connectivity index (χ0v) is 16.6. The van der Waals surface area contributed by atoms with Crippen LogP contribution < -0.4 is 14.8 Å². The van der Waals surface area contributed by atoms with Gasteiger partial charge in [-0.3, -0.25) is 4.79 Å². The van der Waals surface area contributed by atoms with E-state index in [0.717, 1.165) is 11.3 Å². The fourth-order valence-electron chi connectivity index (χ4n) is 2.29. The Hall–Kier alpha value is -1.95. The minimum Gasteiger partial charge on any atom is -0.492 e. The van der Waals surface area contributed by atoms with Crippen molar-refractivity contribution in [1.29, 1.82) is 0 Å². The first-order valence-corrected chi connectivity index (χ1v) is 9.42. The number of aliphatic hydroxyl groups is 1. The Morgan fingerprint density at radius 2 is 1.93 bits per heavy atom. The van der Waals surface area contributed by atoms with Crippen LogP contribution in [0.4, 0.5) is 0 Å². The van der Waals surface area contributed by atoms with Gasteiger partial charge in [0.25, 0.3) is 0 Å². The number of hydrogen-bond donors (Lipinski definition) is 2. The Kier molecular flexibility index (Phi) is 8.72. The number of carbonyl (C=O) groups excluding carboxylic acids is 1. The molecule has 0 aliphatic rings. The van der Waals surface area contributed by atoms with E-state index in [1.165, 1.54) is 0 Å². The van der Waals surface area contributed by atoms with Crippen molar-refractivity contribution in [2.24, 2.45) is 0 Å². The summed E-state index contributed by atoms with van der Waals surface area (Å²) in [5.74, 6) is 1.10. The molecule has 2 aromatic rings. The van der Waals surface area contributed by atoms with Crippen LogP contribution in [0, 0.1) is 6.92 Å². The minimum absolute atomic E-state index is 0.114. The van der Waals surface area contributed by atoms with Gasteiger partial charge in [-0.05, 0) is 43.2 Å². The SMILES string of the molecule is Cc1ccccc1OCC(O)CNC(=O)CCCOc1ccc(Cl)cc1Cl. The van der Waals surface area contributed by atoms with Crippen LogP contribution in [0.2, 0.25) is 10.0 Å². The number of carbonyl (C=O) groups is 1. The largest absolute Gasteiger partial charge is 0.492 e. The van der Waals surface area contributed by atoms with Crippen molar-refractivity contribution >= 4 is 29.1 Å². The molecule has 0 heterocycles. The quantitative estimate of drug-likeness (QED) is 0.579. The molecular weight excluding hydrogens is 389 g/mol. The van der Waals surface area contributed by atoms with E-state index in [-0.39, 0.29) is 25.5 Å². The first-order valence-electron chi connectivity index (χ1n) is 8.66. The summed E-state index contributed by atoms with van der Waals surface area (Å²) >= 11 is 11.8. The van der Waals surface area contributed by atoms with Crippen molar-refractivity contribution in [2.45, 2.75) is 25.9 Å². The van der Waals surface area contributed by atoms with E-state index in [9.17, 15) is 9.90 Å². The second-order valence-corrected chi connectivity index (χ2v) is 6.90. The highest BCUT2D eigenvalue weighted by molar-refractivity contribution is 6.35. The van der Waals surface area contributed by atoms with E-state index in [0.29, 0.717) is 28.8 Å². The summed E-state index contributed by atoms with van der Waals surface area (Å²) < 4.78 is 11.1. The molecule has 0 radical (unpaired) electrons. The van der Waals surface area contributed by atoms with Gasteiger partial charge in [0.05, 0.1) is 11.6 Å². The number of aryl methyl sites for hydroxylation is 1. The van der Waals surface area contributed by atoms with Gasteiger partial charge in [0.1, 0.15) is 24.2 Å². The van der Waals surface area contributed by atoms with Crippen LogP contribution in [-0.4, -0.2) is 36.9 Å². The van der Waals surface area contributed by atoms with Crippen LogP contribution in [0.5, 0.6) is 11.5 Å². The zero-order chi connectivity index (χ0) is 19.6. The number of amides is 1. The lowest BCUT2D eigenvalue weighted by Crippen LogP contribution is -2.35. The summed E-state index contributed by atoms with van der Waals surface area (Å²) in [6.07, 6.45) is 0.0367. The van der Waals surface area contributed by atoms with Crippen molar-refractivity contribution in [1.82, 2.24) is 5.32 Å². The third-order valence-corrected chi connectivity index (χ3v) is 4.29. The number of halogens is 2. The topological polar surface area (TPSA) is 67.8 Å². The van der Waals surface area contributed by atoms with E-state index >= 15 is 0 Å². The van der Waals surface area contributed by atoms with Crippen LogP contribution in [0.1, 0.15) is 18.4 Å². The molecule has 27 heavy (non-hydrogen) atoms. The fourth-order valence-corrected chi connectivity index (χ4v) is 2.75. The maximum atomic E-state index is 11.8. The Balaban J connectivity index is 1.59. The number of nitrogens with one attached hydrogen (secondary N) is 1. The van der Waals surface area contributed by atoms with Crippen molar-refractivity contribution in [3.05, 3.63) is 58.1 Å². The average Bonchev–Trinajstić information content (AvgIpc) is 2.64. The van der Waals surface area contributed by atoms with E-state index in [2.05, 4.69) is 5.32 Å². The van der Waals surface area contributed by atoms with Gasteiger partial charge in [0.15, 0.2) is 0 Å². The molecule has 1 amide bonds. The molecule has 2 rings (SSSR count). The molecule has 2 N–H and O–H groups in total. The number of hydrogen-bond acceptors (Lipinski definition) is 4. The number of benzene rings is 2. The molecule has 0 bridgehead atoms. The van der Waals surface area contributed by atoms with Gasteiger partial charge in [-0.25, -0.2) is 0 Å². The van der Waals surface area contributed by atoms with E-state index in [1.54, 1.807) is 18.2 Å². The molecule has 0 aromatic heterocycles. The lowest BCUT2D eigenvalue weighted by molar-refractivity contribution is -0.121. The van der Waals surface area contributed by atoms with Crippen LogP contribution in [0.15, 0.2) is 42.5 Å². The highest BCUT2D eigenvalue weighted by Crippen LogP contribution is 2.27. The summed E-state index contributed by atoms with van der Waals surface area (Å²) in [5.41, 5.74) is 0.995. The second-order valence-electron chi connectivity index (χ2n) is 6.06. The molecule has 0 saturated carbocycles. The summed E-state index contributed by atoms with van der Waals surface area (Å²) in [6.45, 7) is 2.54. The van der Waals surface area contributed by atoms with E-state index in [1.807, 2.05) is 31.2 Å². The van der Waals surface area contributed by atoms with Gasteiger partial charge in [0, 0.05) is 18.0 Å². The highest BCUT2D eigenvalue weighted by atomic mass is 35.5. The van der Waals surface area contributed by atoms with Gasteiger partial charge in [-0.15, -0.1) is 0 Å². The molecule has 1 atom stereocenters. The summed E-state index contributed by atoms with van der Waals surface area (Å²) in [6, 6.07) is 12.5. The van der Waals surface area contributed by atoms with Gasteiger partial charge in [-0.1, -0.05) is 41.4 Å². The standard InChI is InChI=1S/C20H23Cl2NO4/c1-14-5-2-3-6-18(14)27-13-16(24)12-23-20(25)7-4-10-26-19-9-8-15(21)11-17(19)22/h2-3,5-6,8-9,11,16,24H,4,7,10,12-13H2,1H3,(H,23,25). The van der Waals surface area contributed by atoms with Gasteiger partial charge >= 0.3 is 0 Å². The number of aliphatic hydroxyl groups excluding tert-OH is 1. The van der Waals surface area contributed by atoms with Crippen molar-refractivity contribution in [3.63, 3.8) is 0 Å². The normalized spacial score (nSPS) is 11.7. The molecule has 0 fully saturated rings. The predicted molar refractivity (Wildman–Crippen MR) is 107 cm³/mol. The minimum atomic E-state index is -0.780. The maximum Gasteiger partial charge on any atom is 0.220 e. The van der Waals surface area contributed by atoms with Gasteiger partial charge < -0.3 is 19.9 Å². The van der Waals surface area contributed by atoms with Crippen LogP contribution >= 0.6 is 23.2 Å². The maximum absolute atomic E-state index is 11.8. The molecule has 5 nitrogen and oxygen atoms in total. The first-order chi connectivity index (χ1) is 13.0. The monoisotopic (exact) mass is 411 g/mol. The molecule has 1 unspecified atom stereocenters. The number of para-hydroxylation sites is 1. The lowest BCUT2D eigenvalue weighted by Gasteiger charge is -2.14. The molecule has 0 saturated heterocycles. The average molecular weight is 412 g/mol. The summed E-state index contributed by atoms with van der Waals surface area (Å²) in [5, 5.41) is 13.6. The predicted octanol–water partition coefficient (Wildman–Crippen LogP) is 4.02. The Labute approximate surface area is 169 Å². The fraction of sp³-hybridized carbons (Fsp3) is 0.350. The van der Waals surface area contributed by atoms with Crippen molar-refractivity contribution < 1.29 is 19.4 Å². The van der Waals surface area contributed by atoms with Crippen molar-refractivity contribution in [3.8, 4) is 11.5 Å². The van der Waals surface area contributed by atoms with Crippen LogP contribution in [0.3, 0.4) is 0 Å². The summed E-state index contributed by atoms with van der Waals surface area (Å²) in [4.78, 5) is 11.8. The Morgan fingerprint density at radius 1 is 1.15 bits per heavy atom. The molecular formula is C20H23Cl2NO4. The third kappa shape index (κ3) is 7.67. The summed E-state index contributed by atoms with van der Waals surface area (Å²) in [7, 11) is 0.